The number of nitrogens with zero attached hydrogens (tertiary/aromatic N) is 3. The minimum absolute atomic E-state index is 0.0351. The van der Waals surface area contributed by atoms with Gasteiger partial charge in [-0.25, -0.2) is 4.98 Å². The largest absolute Gasteiger partial charge is 0.295 e. The van der Waals surface area contributed by atoms with E-state index in [0.29, 0.717) is 34.1 Å². The fourth-order valence-electron chi connectivity index (χ4n) is 3.14. The quantitative estimate of drug-likeness (QED) is 0.420. The lowest BCUT2D eigenvalue weighted by molar-refractivity contribution is 0.481. The van der Waals surface area contributed by atoms with Gasteiger partial charge in [0, 0.05) is 41.5 Å². The highest BCUT2D eigenvalue weighted by Crippen LogP contribution is 2.34. The summed E-state index contributed by atoms with van der Waals surface area (Å²) in [5, 5.41) is 0. The van der Waals surface area contributed by atoms with Gasteiger partial charge in [-0.05, 0) is 54.1 Å². The first-order valence-electron chi connectivity index (χ1n) is 9.05. The Morgan fingerprint density at radius 1 is 0.594 bits per heavy atom. The molecule has 1 aromatic carbocycles. The Labute approximate surface area is 184 Å². The fraction of sp³-hybridized carbons (Fsp3) is 0. The molecule has 0 aliphatic carbocycles. The van der Waals surface area contributed by atoms with Crippen LogP contribution < -0.4 is 0 Å². The third-order valence-corrected chi connectivity index (χ3v) is 6.36. The topological polar surface area (TPSA) is 147 Å². The molecular weight excluding hydrogens is 454 g/mol. The van der Waals surface area contributed by atoms with Crippen LogP contribution in [-0.2, 0) is 20.2 Å². The second-order valence-corrected chi connectivity index (χ2v) is 9.52. The molecular formula is C21H15N3O6S2. The van der Waals surface area contributed by atoms with Crippen molar-refractivity contribution in [3.8, 4) is 33.6 Å². The normalized spacial score (nSPS) is 11.9. The number of rotatable bonds is 5. The molecule has 0 amide bonds. The highest BCUT2D eigenvalue weighted by atomic mass is 32.2. The molecule has 0 bridgehead atoms. The molecule has 4 aromatic rings. The Morgan fingerprint density at radius 2 is 1.09 bits per heavy atom. The van der Waals surface area contributed by atoms with Gasteiger partial charge in [0.25, 0.3) is 20.2 Å². The van der Waals surface area contributed by atoms with Crippen LogP contribution in [0.25, 0.3) is 33.6 Å². The van der Waals surface area contributed by atoms with E-state index >= 15 is 0 Å². The van der Waals surface area contributed by atoms with Crippen LogP contribution in [0, 0.1) is 0 Å². The molecule has 0 spiro atoms. The minimum Gasteiger partial charge on any atom is -0.282 e. The highest BCUT2D eigenvalue weighted by Gasteiger charge is 2.22. The van der Waals surface area contributed by atoms with Crippen molar-refractivity contribution >= 4 is 20.2 Å². The lowest BCUT2D eigenvalue weighted by Crippen LogP contribution is -2.05. The van der Waals surface area contributed by atoms with Gasteiger partial charge in [-0.2, -0.15) is 16.8 Å². The van der Waals surface area contributed by atoms with Crippen LogP contribution in [0.1, 0.15) is 0 Å². The van der Waals surface area contributed by atoms with Crippen LogP contribution in [0.2, 0.25) is 0 Å². The van der Waals surface area contributed by atoms with Crippen molar-refractivity contribution in [2.75, 3.05) is 0 Å². The van der Waals surface area contributed by atoms with Crippen molar-refractivity contribution in [3.05, 3.63) is 79.4 Å². The number of aromatic nitrogens is 3. The van der Waals surface area contributed by atoms with E-state index in [2.05, 4.69) is 15.0 Å². The summed E-state index contributed by atoms with van der Waals surface area (Å²) in [7, 11) is -9.52. The number of hydrogen-bond acceptors (Lipinski definition) is 7. The molecule has 11 heteroatoms. The Hall–Kier alpha value is -3.51. The molecule has 0 fully saturated rings. The summed E-state index contributed by atoms with van der Waals surface area (Å²) >= 11 is 0. The Kier molecular flexibility index (Phi) is 5.57. The van der Waals surface area contributed by atoms with Crippen molar-refractivity contribution in [1.29, 1.82) is 0 Å². The standard InChI is InChI=1S/C21H15N3O6S2/c25-31(26,27)17-1-2-18(21(13-17)32(28,29)30)16-11-19(14-3-7-22-8-4-14)24-20(12-16)15-5-9-23-10-6-15/h1-13H,(H,25,26,27)(H,28,29,30). The van der Waals surface area contributed by atoms with Crippen LogP contribution >= 0.6 is 0 Å². The molecule has 3 aromatic heterocycles. The highest BCUT2D eigenvalue weighted by molar-refractivity contribution is 7.86. The van der Waals surface area contributed by atoms with E-state index in [1.807, 2.05) is 0 Å². The second kappa shape index (κ2) is 8.20. The molecule has 0 saturated carbocycles. The SMILES string of the molecule is O=S(=O)(O)c1ccc(-c2cc(-c3ccncc3)nc(-c3ccncc3)c2)c(S(=O)(=O)O)c1. The number of hydrogen-bond donors (Lipinski definition) is 2. The fourth-order valence-corrected chi connectivity index (χ4v) is 4.46. The van der Waals surface area contributed by atoms with E-state index in [1.54, 1.807) is 61.2 Å². The first-order chi connectivity index (χ1) is 15.1. The molecule has 3 heterocycles. The van der Waals surface area contributed by atoms with Crippen LogP contribution in [0.4, 0.5) is 0 Å². The van der Waals surface area contributed by atoms with Crippen molar-refractivity contribution in [2.24, 2.45) is 0 Å². The molecule has 4 rings (SSSR count). The maximum Gasteiger partial charge on any atom is 0.295 e. The third-order valence-electron chi connectivity index (χ3n) is 4.62. The maximum absolute atomic E-state index is 12.1. The van der Waals surface area contributed by atoms with E-state index in [1.165, 1.54) is 6.07 Å². The number of benzene rings is 1. The van der Waals surface area contributed by atoms with Gasteiger partial charge >= 0.3 is 0 Å². The van der Waals surface area contributed by atoms with Crippen molar-refractivity contribution in [1.82, 2.24) is 15.0 Å². The summed E-state index contributed by atoms with van der Waals surface area (Å²) in [6.07, 6.45) is 6.33. The summed E-state index contributed by atoms with van der Waals surface area (Å²) in [4.78, 5) is 11.3. The van der Waals surface area contributed by atoms with Gasteiger partial charge in [-0.3, -0.25) is 19.1 Å². The van der Waals surface area contributed by atoms with E-state index in [9.17, 15) is 25.9 Å². The molecule has 0 unspecified atom stereocenters. The lowest BCUT2D eigenvalue weighted by atomic mass is 10.0. The Bertz CT molecular complexity index is 1450. The van der Waals surface area contributed by atoms with Gasteiger partial charge in [-0.1, -0.05) is 6.07 Å². The molecule has 0 aliphatic rings. The van der Waals surface area contributed by atoms with Crippen LogP contribution in [0.15, 0.2) is 89.2 Å². The second-order valence-electron chi connectivity index (χ2n) is 6.71. The van der Waals surface area contributed by atoms with Crippen molar-refractivity contribution in [3.63, 3.8) is 0 Å². The average Bonchev–Trinajstić information content (AvgIpc) is 2.78. The molecule has 32 heavy (non-hydrogen) atoms. The predicted octanol–water partition coefficient (Wildman–Crippen LogP) is 3.37. The maximum atomic E-state index is 12.1. The summed E-state index contributed by atoms with van der Waals surface area (Å²) in [6.45, 7) is 0. The molecule has 2 N–H and O–H groups in total. The van der Waals surface area contributed by atoms with E-state index in [0.717, 1.165) is 6.07 Å². The Morgan fingerprint density at radius 3 is 1.53 bits per heavy atom. The number of pyridine rings is 3. The molecule has 0 saturated heterocycles. The zero-order chi connectivity index (χ0) is 22.9. The molecule has 162 valence electrons. The van der Waals surface area contributed by atoms with Crippen LogP contribution in [0.3, 0.4) is 0 Å². The molecule has 0 aliphatic heterocycles. The van der Waals surface area contributed by atoms with Gasteiger partial charge in [0.15, 0.2) is 0 Å². The lowest BCUT2D eigenvalue weighted by Gasteiger charge is -2.13. The first-order valence-corrected chi connectivity index (χ1v) is 11.9. The zero-order valence-electron chi connectivity index (χ0n) is 16.2. The monoisotopic (exact) mass is 469 g/mol. The minimum atomic E-state index is -4.84. The van der Waals surface area contributed by atoms with Crippen LogP contribution in [0.5, 0.6) is 0 Å². The van der Waals surface area contributed by atoms with Crippen molar-refractivity contribution in [2.45, 2.75) is 9.79 Å². The summed E-state index contributed by atoms with van der Waals surface area (Å²) in [5.74, 6) is 0. The Balaban J connectivity index is 2.02. The average molecular weight is 470 g/mol. The van der Waals surface area contributed by atoms with Gasteiger partial charge in [-0.15, -0.1) is 0 Å². The molecule has 0 radical (unpaired) electrons. The van der Waals surface area contributed by atoms with Gasteiger partial charge in [0.2, 0.25) is 0 Å². The molecule has 9 nitrogen and oxygen atoms in total. The third kappa shape index (κ3) is 4.55. The first kappa shape index (κ1) is 21.7. The van der Waals surface area contributed by atoms with Gasteiger partial charge in [0.1, 0.15) is 4.90 Å². The zero-order valence-corrected chi connectivity index (χ0v) is 17.8. The summed E-state index contributed by atoms with van der Waals surface area (Å²) in [5.41, 5.74) is 2.80. The van der Waals surface area contributed by atoms with Gasteiger partial charge in [0.05, 0.1) is 16.3 Å². The predicted molar refractivity (Wildman–Crippen MR) is 116 cm³/mol. The smallest absolute Gasteiger partial charge is 0.282 e. The summed E-state index contributed by atoms with van der Waals surface area (Å²) < 4.78 is 66.2. The molecule has 0 atom stereocenters. The van der Waals surface area contributed by atoms with E-state index in [4.69, 9.17) is 0 Å². The van der Waals surface area contributed by atoms with E-state index < -0.39 is 30.0 Å². The summed E-state index contributed by atoms with van der Waals surface area (Å²) in [6, 6.07) is 13.1. The van der Waals surface area contributed by atoms with Gasteiger partial charge < -0.3 is 0 Å². The van der Waals surface area contributed by atoms with Crippen molar-refractivity contribution < 1.29 is 25.9 Å². The van der Waals surface area contributed by atoms with E-state index in [-0.39, 0.29) is 5.56 Å². The van der Waals surface area contributed by atoms with Crippen LogP contribution in [-0.4, -0.2) is 40.9 Å².